The summed E-state index contributed by atoms with van der Waals surface area (Å²) in [5.74, 6) is 0.646. The molecule has 0 spiro atoms. The minimum atomic E-state index is -3.58. The minimum absolute atomic E-state index is 0.171. The van der Waals surface area contributed by atoms with Gasteiger partial charge >= 0.3 is 0 Å². The van der Waals surface area contributed by atoms with Crippen LogP contribution in [0.15, 0.2) is 21.8 Å². The van der Waals surface area contributed by atoms with Gasteiger partial charge in [0.25, 0.3) is 5.91 Å². The van der Waals surface area contributed by atoms with Crippen LogP contribution in [0.2, 0.25) is 0 Å². The van der Waals surface area contributed by atoms with Gasteiger partial charge in [0.2, 0.25) is 10.0 Å². The zero-order valence-corrected chi connectivity index (χ0v) is 15.4. The van der Waals surface area contributed by atoms with Gasteiger partial charge in [-0.25, -0.2) is 8.42 Å². The zero-order chi connectivity index (χ0) is 18.3. The highest BCUT2D eigenvalue weighted by Gasteiger charge is 2.33. The number of aromatic nitrogens is 3. The van der Waals surface area contributed by atoms with Gasteiger partial charge in [0.1, 0.15) is 10.7 Å². The predicted octanol–water partition coefficient (Wildman–Crippen LogP) is 0.434. The van der Waals surface area contributed by atoms with E-state index in [0.29, 0.717) is 18.8 Å². The van der Waals surface area contributed by atoms with Crippen molar-refractivity contribution >= 4 is 15.9 Å². The third kappa shape index (κ3) is 2.92. The first-order valence-corrected chi connectivity index (χ1v) is 10.2. The molecule has 2 aliphatic rings. The van der Waals surface area contributed by atoms with E-state index in [1.807, 2.05) is 0 Å². The summed E-state index contributed by atoms with van der Waals surface area (Å²) >= 11 is 0. The number of fused-ring (bicyclic) bond motifs is 1. The minimum Gasteiger partial charge on any atom is -0.360 e. The Hall–Kier alpha value is -2.20. The van der Waals surface area contributed by atoms with E-state index in [0.717, 1.165) is 37.0 Å². The summed E-state index contributed by atoms with van der Waals surface area (Å²) < 4.78 is 33.5. The summed E-state index contributed by atoms with van der Waals surface area (Å²) in [7, 11) is -1.91. The lowest BCUT2D eigenvalue weighted by atomic mass is 9.96. The molecule has 140 valence electrons. The number of hydrogen-bond acceptors (Lipinski definition) is 6. The molecule has 0 N–H and O–H groups in total. The number of amides is 1. The molecule has 0 radical (unpaired) electrons. The van der Waals surface area contributed by atoms with Crippen molar-refractivity contribution in [2.75, 3.05) is 26.2 Å². The highest BCUT2D eigenvalue weighted by molar-refractivity contribution is 7.89. The number of hydrogen-bond donors (Lipinski definition) is 0. The Morgan fingerprint density at radius 1 is 1.15 bits per heavy atom. The third-order valence-electron chi connectivity index (χ3n) is 5.00. The van der Waals surface area contributed by atoms with E-state index in [1.165, 1.54) is 21.4 Å². The average molecular weight is 379 g/mol. The first-order chi connectivity index (χ1) is 12.5. The Morgan fingerprint density at radius 2 is 1.88 bits per heavy atom. The van der Waals surface area contributed by atoms with Gasteiger partial charge in [0.15, 0.2) is 5.69 Å². The van der Waals surface area contributed by atoms with Crippen molar-refractivity contribution in [3.63, 3.8) is 0 Å². The Kier molecular flexibility index (Phi) is 4.31. The second kappa shape index (κ2) is 6.51. The van der Waals surface area contributed by atoms with Crippen LogP contribution >= 0.6 is 0 Å². The average Bonchev–Trinajstić information content (AvgIpc) is 3.28. The van der Waals surface area contributed by atoms with Crippen molar-refractivity contribution in [2.45, 2.75) is 30.6 Å². The fourth-order valence-electron chi connectivity index (χ4n) is 3.52. The first-order valence-electron chi connectivity index (χ1n) is 8.72. The van der Waals surface area contributed by atoms with Crippen LogP contribution in [0.5, 0.6) is 0 Å². The molecule has 0 atom stereocenters. The van der Waals surface area contributed by atoms with Crippen LogP contribution in [0, 0.1) is 0 Å². The molecule has 4 rings (SSSR count). The summed E-state index contributed by atoms with van der Waals surface area (Å²) in [6.07, 6.45) is 6.55. The molecule has 9 nitrogen and oxygen atoms in total. The highest BCUT2D eigenvalue weighted by atomic mass is 32.2. The molecule has 26 heavy (non-hydrogen) atoms. The molecule has 0 bridgehead atoms. The van der Waals surface area contributed by atoms with Crippen LogP contribution in [0.25, 0.3) is 0 Å². The van der Waals surface area contributed by atoms with Crippen LogP contribution in [-0.2, 0) is 29.9 Å². The zero-order valence-electron chi connectivity index (χ0n) is 14.6. The smallest absolute Gasteiger partial charge is 0.276 e. The van der Waals surface area contributed by atoms with E-state index in [1.54, 1.807) is 11.9 Å². The largest absolute Gasteiger partial charge is 0.360 e. The summed E-state index contributed by atoms with van der Waals surface area (Å²) in [5.41, 5.74) is 1.31. The van der Waals surface area contributed by atoms with Gasteiger partial charge < -0.3 is 9.42 Å². The normalized spacial score (nSPS) is 18.7. The van der Waals surface area contributed by atoms with E-state index >= 15 is 0 Å². The molecule has 1 aliphatic carbocycles. The molecule has 2 aromatic heterocycles. The Balaban J connectivity index is 1.45. The summed E-state index contributed by atoms with van der Waals surface area (Å²) in [4.78, 5) is 14.6. The van der Waals surface area contributed by atoms with E-state index in [-0.39, 0.29) is 23.9 Å². The molecule has 0 aromatic carbocycles. The van der Waals surface area contributed by atoms with E-state index < -0.39 is 10.0 Å². The molecule has 0 saturated carbocycles. The molecule has 2 aromatic rings. The lowest BCUT2D eigenvalue weighted by Gasteiger charge is -2.33. The van der Waals surface area contributed by atoms with Gasteiger partial charge in [0.05, 0.1) is 6.20 Å². The fourth-order valence-corrected chi connectivity index (χ4v) is 4.92. The number of nitrogens with zero attached hydrogens (tertiary/aromatic N) is 5. The van der Waals surface area contributed by atoms with Gasteiger partial charge in [-0.3, -0.25) is 9.48 Å². The Bertz CT molecular complexity index is 924. The maximum absolute atomic E-state index is 12.8. The Morgan fingerprint density at radius 3 is 2.58 bits per heavy atom. The number of aryl methyl sites for hydroxylation is 2. The van der Waals surface area contributed by atoms with Crippen LogP contribution < -0.4 is 0 Å². The fraction of sp³-hybridized carbons (Fsp3) is 0.562. The van der Waals surface area contributed by atoms with Crippen molar-refractivity contribution < 1.29 is 17.7 Å². The van der Waals surface area contributed by atoms with Gasteiger partial charge in [0, 0.05) is 51.4 Å². The van der Waals surface area contributed by atoms with E-state index in [2.05, 4.69) is 10.3 Å². The Labute approximate surface area is 151 Å². The van der Waals surface area contributed by atoms with E-state index in [4.69, 9.17) is 4.52 Å². The van der Waals surface area contributed by atoms with Crippen molar-refractivity contribution in [3.05, 3.63) is 29.4 Å². The molecule has 1 amide bonds. The van der Waals surface area contributed by atoms with Crippen LogP contribution in [0.1, 0.15) is 34.7 Å². The topological polar surface area (TPSA) is 102 Å². The van der Waals surface area contributed by atoms with Gasteiger partial charge in [-0.1, -0.05) is 5.16 Å². The molecular weight excluding hydrogens is 358 g/mol. The maximum atomic E-state index is 12.8. The standard InChI is InChI=1S/C16H21N5O4S/c1-19-11-12(10-17-19)26(23,24)21-8-6-20(7-9-21)16(22)15-13-4-2-3-5-14(13)25-18-15/h10-11H,2-9H2,1H3. The number of carbonyl (C=O) groups is 1. The lowest BCUT2D eigenvalue weighted by Crippen LogP contribution is -2.50. The van der Waals surface area contributed by atoms with Crippen molar-refractivity contribution in [1.82, 2.24) is 24.1 Å². The highest BCUT2D eigenvalue weighted by Crippen LogP contribution is 2.25. The van der Waals surface area contributed by atoms with Gasteiger partial charge in [-0.05, 0) is 19.3 Å². The predicted molar refractivity (Wildman–Crippen MR) is 91.0 cm³/mol. The second-order valence-corrected chi connectivity index (χ2v) is 8.62. The van der Waals surface area contributed by atoms with Crippen molar-refractivity contribution in [3.8, 4) is 0 Å². The van der Waals surface area contributed by atoms with E-state index in [9.17, 15) is 13.2 Å². The molecule has 1 aliphatic heterocycles. The van der Waals surface area contributed by atoms with Gasteiger partial charge in [-0.15, -0.1) is 0 Å². The molecule has 10 heteroatoms. The summed E-state index contributed by atoms with van der Waals surface area (Å²) in [5, 5.41) is 7.91. The van der Waals surface area contributed by atoms with Crippen LogP contribution in [0.3, 0.4) is 0 Å². The number of sulfonamides is 1. The molecular formula is C16H21N5O4S. The van der Waals surface area contributed by atoms with Gasteiger partial charge in [-0.2, -0.15) is 9.40 Å². The molecule has 3 heterocycles. The number of rotatable bonds is 3. The first kappa shape index (κ1) is 17.2. The number of piperazine rings is 1. The maximum Gasteiger partial charge on any atom is 0.276 e. The molecule has 1 fully saturated rings. The van der Waals surface area contributed by atoms with Crippen LogP contribution in [-0.4, -0.2) is 64.6 Å². The third-order valence-corrected chi connectivity index (χ3v) is 6.85. The van der Waals surface area contributed by atoms with Crippen molar-refractivity contribution in [1.29, 1.82) is 0 Å². The van der Waals surface area contributed by atoms with Crippen molar-refractivity contribution in [2.24, 2.45) is 7.05 Å². The van der Waals surface area contributed by atoms with Crippen LogP contribution in [0.4, 0.5) is 0 Å². The molecule has 0 unspecified atom stereocenters. The quantitative estimate of drug-likeness (QED) is 0.767. The number of carbonyl (C=O) groups excluding carboxylic acids is 1. The molecule has 1 saturated heterocycles. The second-order valence-electron chi connectivity index (χ2n) is 6.69. The summed E-state index contributed by atoms with van der Waals surface area (Å²) in [6, 6.07) is 0. The SMILES string of the molecule is Cn1cc(S(=O)(=O)N2CCN(C(=O)c3noc4c3CCCC4)CC2)cn1. The summed E-state index contributed by atoms with van der Waals surface area (Å²) in [6.45, 7) is 1.17. The lowest BCUT2D eigenvalue weighted by molar-refractivity contribution is 0.0686. The monoisotopic (exact) mass is 379 g/mol.